The van der Waals surface area contributed by atoms with Crippen LogP contribution in [0, 0.1) is 13.8 Å². The van der Waals surface area contributed by atoms with E-state index in [0.29, 0.717) is 0 Å². The summed E-state index contributed by atoms with van der Waals surface area (Å²) in [5.41, 5.74) is 5.63. The van der Waals surface area contributed by atoms with E-state index >= 15 is 0 Å². The molecule has 1 aromatic carbocycles. The summed E-state index contributed by atoms with van der Waals surface area (Å²) < 4.78 is 0. The molecule has 0 spiro atoms. The number of benzene rings is 1. The molecule has 1 aliphatic rings. The Labute approximate surface area is 137 Å². The van der Waals surface area contributed by atoms with Crippen LogP contribution in [0.5, 0.6) is 0 Å². The van der Waals surface area contributed by atoms with Gasteiger partial charge < -0.3 is 0 Å². The molecule has 0 saturated heterocycles. The van der Waals surface area contributed by atoms with Gasteiger partial charge >= 0.3 is 0 Å². The second kappa shape index (κ2) is 6.54. The van der Waals surface area contributed by atoms with Gasteiger partial charge in [-0.05, 0) is 74.3 Å². The zero-order valence-corrected chi connectivity index (χ0v) is 14.5. The van der Waals surface area contributed by atoms with Crippen molar-refractivity contribution in [1.29, 1.82) is 0 Å². The van der Waals surface area contributed by atoms with Gasteiger partial charge in [-0.15, -0.1) is 22.9 Å². The predicted octanol–water partition coefficient (Wildman–Crippen LogP) is 6.16. The van der Waals surface area contributed by atoms with Crippen molar-refractivity contribution < 1.29 is 0 Å². The van der Waals surface area contributed by atoms with Crippen LogP contribution in [0.25, 0.3) is 0 Å². The summed E-state index contributed by atoms with van der Waals surface area (Å²) in [6.07, 6.45) is 7.50. The lowest BCUT2D eigenvalue weighted by Gasteiger charge is -2.09. The second-order valence-corrected chi connectivity index (χ2v) is 7.94. The minimum absolute atomic E-state index is 0.115. The zero-order valence-electron chi connectivity index (χ0n) is 12.9. The van der Waals surface area contributed by atoms with Crippen LogP contribution in [-0.4, -0.2) is 0 Å². The minimum Gasteiger partial charge on any atom is -0.144 e. The van der Waals surface area contributed by atoms with Crippen molar-refractivity contribution in [2.45, 2.75) is 57.7 Å². The van der Waals surface area contributed by atoms with Crippen LogP contribution in [0.2, 0.25) is 0 Å². The van der Waals surface area contributed by atoms with Gasteiger partial charge in [-0.25, -0.2) is 0 Å². The molecule has 0 radical (unpaired) electrons. The van der Waals surface area contributed by atoms with E-state index in [1.54, 1.807) is 10.4 Å². The highest BCUT2D eigenvalue weighted by atomic mass is 35.5. The molecule has 0 fully saturated rings. The van der Waals surface area contributed by atoms with Gasteiger partial charge in [0.15, 0.2) is 0 Å². The molecule has 1 atom stereocenters. The van der Waals surface area contributed by atoms with Crippen LogP contribution >= 0.6 is 22.9 Å². The van der Waals surface area contributed by atoms with Gasteiger partial charge in [-0.1, -0.05) is 24.6 Å². The molecule has 0 nitrogen and oxygen atoms in total. The van der Waals surface area contributed by atoms with Crippen molar-refractivity contribution in [2.24, 2.45) is 0 Å². The molecule has 2 heteroatoms. The Hall–Kier alpha value is -0.790. The molecule has 0 amide bonds. The topological polar surface area (TPSA) is 0 Å². The number of fused-ring (bicyclic) bond motifs is 1. The van der Waals surface area contributed by atoms with Crippen molar-refractivity contribution in [3.8, 4) is 0 Å². The monoisotopic (exact) mass is 318 g/mol. The van der Waals surface area contributed by atoms with E-state index in [9.17, 15) is 0 Å². The molecule has 0 saturated carbocycles. The molecule has 3 rings (SSSR count). The van der Waals surface area contributed by atoms with Gasteiger partial charge in [-0.3, -0.25) is 0 Å². The molecule has 2 aromatic rings. The van der Waals surface area contributed by atoms with Crippen molar-refractivity contribution in [3.63, 3.8) is 0 Å². The maximum Gasteiger partial charge on any atom is 0.0719 e. The number of hydrogen-bond acceptors (Lipinski definition) is 1. The van der Waals surface area contributed by atoms with Crippen molar-refractivity contribution in [2.75, 3.05) is 0 Å². The molecule has 0 aliphatic heterocycles. The average Bonchev–Trinajstić information content (AvgIpc) is 2.74. The largest absolute Gasteiger partial charge is 0.144 e. The van der Waals surface area contributed by atoms with E-state index in [1.165, 1.54) is 53.7 Å². The molecule has 21 heavy (non-hydrogen) atoms. The first-order valence-corrected chi connectivity index (χ1v) is 9.20. The van der Waals surface area contributed by atoms with E-state index in [0.717, 1.165) is 6.42 Å². The lowest BCUT2D eigenvalue weighted by molar-refractivity contribution is 0.712. The Morgan fingerprint density at radius 1 is 1.05 bits per heavy atom. The third kappa shape index (κ3) is 3.52. The van der Waals surface area contributed by atoms with E-state index in [-0.39, 0.29) is 5.38 Å². The minimum atomic E-state index is 0.115. The van der Waals surface area contributed by atoms with Gasteiger partial charge in [0.25, 0.3) is 0 Å². The molecule has 1 aromatic heterocycles. The SMILES string of the molecule is Cc1ccc(CC(Cl)c2cc3c(s2)CCCCC3)cc1C. The van der Waals surface area contributed by atoms with Gasteiger partial charge in [0.1, 0.15) is 0 Å². The summed E-state index contributed by atoms with van der Waals surface area (Å²) >= 11 is 8.66. The van der Waals surface area contributed by atoms with Gasteiger partial charge in [0.2, 0.25) is 0 Å². The molecule has 1 heterocycles. The van der Waals surface area contributed by atoms with Crippen LogP contribution in [-0.2, 0) is 19.3 Å². The summed E-state index contributed by atoms with van der Waals surface area (Å²) in [4.78, 5) is 2.95. The van der Waals surface area contributed by atoms with Crippen LogP contribution in [0.1, 0.15) is 56.6 Å². The summed E-state index contributed by atoms with van der Waals surface area (Å²) in [5, 5.41) is 0.115. The molecule has 0 bridgehead atoms. The van der Waals surface area contributed by atoms with E-state index < -0.39 is 0 Å². The first-order chi connectivity index (χ1) is 10.1. The zero-order chi connectivity index (χ0) is 14.8. The summed E-state index contributed by atoms with van der Waals surface area (Å²) in [6, 6.07) is 9.08. The van der Waals surface area contributed by atoms with Gasteiger partial charge in [0.05, 0.1) is 5.38 Å². The summed E-state index contributed by atoms with van der Waals surface area (Å²) in [5.74, 6) is 0. The van der Waals surface area contributed by atoms with Crippen molar-refractivity contribution in [3.05, 3.63) is 56.3 Å². The maximum atomic E-state index is 6.70. The first kappa shape index (κ1) is 15.1. The Bertz CT molecular complexity index is 603. The van der Waals surface area contributed by atoms with E-state index in [4.69, 9.17) is 11.6 Å². The number of rotatable bonds is 3. The van der Waals surface area contributed by atoms with Gasteiger partial charge in [0, 0.05) is 9.75 Å². The van der Waals surface area contributed by atoms with Gasteiger partial charge in [-0.2, -0.15) is 0 Å². The fraction of sp³-hybridized carbons (Fsp3) is 0.474. The number of aryl methyl sites for hydroxylation is 4. The molecule has 0 N–H and O–H groups in total. The number of halogens is 1. The highest BCUT2D eigenvalue weighted by Gasteiger charge is 2.17. The number of alkyl halides is 1. The molecule has 1 unspecified atom stereocenters. The average molecular weight is 319 g/mol. The fourth-order valence-corrected chi connectivity index (χ4v) is 4.69. The fourth-order valence-electron chi connectivity index (χ4n) is 3.08. The highest BCUT2D eigenvalue weighted by molar-refractivity contribution is 7.12. The molecule has 1 aliphatic carbocycles. The molecular weight excluding hydrogens is 296 g/mol. The van der Waals surface area contributed by atoms with E-state index in [2.05, 4.69) is 38.1 Å². The van der Waals surface area contributed by atoms with Crippen LogP contribution in [0.3, 0.4) is 0 Å². The molecular formula is C19H23ClS. The highest BCUT2D eigenvalue weighted by Crippen LogP contribution is 2.36. The third-order valence-corrected chi connectivity index (χ3v) is 6.43. The Morgan fingerprint density at radius 2 is 1.86 bits per heavy atom. The van der Waals surface area contributed by atoms with E-state index in [1.807, 2.05) is 11.3 Å². The lowest BCUT2D eigenvalue weighted by atomic mass is 10.0. The third-order valence-electron chi connectivity index (χ3n) is 4.56. The van der Waals surface area contributed by atoms with Crippen LogP contribution in [0.4, 0.5) is 0 Å². The van der Waals surface area contributed by atoms with Crippen LogP contribution in [0.15, 0.2) is 24.3 Å². The van der Waals surface area contributed by atoms with Crippen LogP contribution < -0.4 is 0 Å². The Balaban J connectivity index is 1.75. The number of thiophene rings is 1. The predicted molar refractivity (Wildman–Crippen MR) is 93.8 cm³/mol. The Kier molecular flexibility index (Phi) is 4.71. The quantitative estimate of drug-likeness (QED) is 0.470. The molecule has 112 valence electrons. The Morgan fingerprint density at radius 3 is 2.67 bits per heavy atom. The summed E-state index contributed by atoms with van der Waals surface area (Å²) in [7, 11) is 0. The number of hydrogen-bond donors (Lipinski definition) is 0. The standard InChI is InChI=1S/C19H23ClS/c1-13-8-9-15(10-14(13)2)11-17(20)19-12-16-6-4-3-5-7-18(16)21-19/h8-10,12,17H,3-7,11H2,1-2H3. The smallest absolute Gasteiger partial charge is 0.0719 e. The lowest BCUT2D eigenvalue weighted by Crippen LogP contribution is -1.95. The maximum absolute atomic E-state index is 6.70. The summed E-state index contributed by atoms with van der Waals surface area (Å²) in [6.45, 7) is 4.34. The normalized spacial score (nSPS) is 16.3. The van der Waals surface area contributed by atoms with Crippen molar-refractivity contribution in [1.82, 2.24) is 0 Å². The van der Waals surface area contributed by atoms with Crippen molar-refractivity contribution >= 4 is 22.9 Å². The first-order valence-electron chi connectivity index (χ1n) is 7.95. The second-order valence-electron chi connectivity index (χ2n) is 6.25.